The molecule has 0 aliphatic heterocycles. The third kappa shape index (κ3) is 1.92. The fourth-order valence-electron chi connectivity index (χ4n) is 2.38. The van der Waals surface area contributed by atoms with Gasteiger partial charge in [0.05, 0.1) is 23.6 Å². The third-order valence-electron chi connectivity index (χ3n) is 3.48. The molecule has 0 spiro atoms. The average Bonchev–Trinajstić information content (AvgIpc) is 3.19. The number of nitrogens with one attached hydrogen (secondary N) is 1. The molecule has 0 radical (unpaired) electrons. The van der Waals surface area contributed by atoms with Gasteiger partial charge >= 0.3 is 0 Å². The Hall–Kier alpha value is -2.89. The van der Waals surface area contributed by atoms with Crippen LogP contribution >= 0.6 is 0 Å². The predicted molar refractivity (Wildman–Crippen MR) is 78.5 cm³/mol. The van der Waals surface area contributed by atoms with E-state index in [1.54, 1.807) is 6.20 Å². The van der Waals surface area contributed by atoms with E-state index in [1.165, 1.54) is 0 Å². The lowest BCUT2D eigenvalue weighted by molar-refractivity contribution is 0.540. The molecular formula is C15H13N5O. The van der Waals surface area contributed by atoms with Crippen LogP contribution in [0.2, 0.25) is 0 Å². The van der Waals surface area contributed by atoms with Crippen LogP contribution in [0.15, 0.2) is 41.1 Å². The Bertz CT molecular complexity index is 931. The summed E-state index contributed by atoms with van der Waals surface area (Å²) in [6.45, 7) is 1.86. The van der Waals surface area contributed by atoms with Crippen molar-refractivity contribution in [3.05, 3.63) is 42.4 Å². The van der Waals surface area contributed by atoms with Crippen molar-refractivity contribution in [3.8, 4) is 22.8 Å². The third-order valence-corrected chi connectivity index (χ3v) is 3.48. The molecule has 104 valence electrons. The highest BCUT2D eigenvalue weighted by Gasteiger charge is 2.11. The van der Waals surface area contributed by atoms with E-state index in [1.807, 2.05) is 43.0 Å². The highest BCUT2D eigenvalue weighted by Crippen LogP contribution is 2.26. The average molecular weight is 279 g/mol. The van der Waals surface area contributed by atoms with E-state index in [4.69, 9.17) is 4.42 Å². The summed E-state index contributed by atoms with van der Waals surface area (Å²) in [7, 11) is 1.93. The molecule has 0 amide bonds. The summed E-state index contributed by atoms with van der Waals surface area (Å²) >= 11 is 0. The Morgan fingerprint density at radius 2 is 2.10 bits per heavy atom. The molecule has 4 aromatic rings. The number of aromatic nitrogens is 5. The molecule has 1 aromatic carbocycles. The first-order chi connectivity index (χ1) is 10.2. The van der Waals surface area contributed by atoms with Crippen LogP contribution in [0.1, 0.15) is 5.76 Å². The molecule has 0 bridgehead atoms. The van der Waals surface area contributed by atoms with Gasteiger partial charge in [-0.1, -0.05) is 6.07 Å². The maximum absolute atomic E-state index is 5.49. The molecule has 0 saturated carbocycles. The van der Waals surface area contributed by atoms with Crippen LogP contribution in [0.3, 0.4) is 0 Å². The minimum Gasteiger partial charge on any atom is -0.440 e. The van der Waals surface area contributed by atoms with Crippen LogP contribution < -0.4 is 0 Å². The zero-order valence-electron chi connectivity index (χ0n) is 11.7. The van der Waals surface area contributed by atoms with E-state index in [9.17, 15) is 0 Å². The number of benzene rings is 1. The first-order valence-electron chi connectivity index (χ1n) is 6.61. The van der Waals surface area contributed by atoms with E-state index in [0.717, 1.165) is 27.9 Å². The van der Waals surface area contributed by atoms with Crippen molar-refractivity contribution >= 4 is 10.9 Å². The SMILES string of the molecule is Cc1cnc(-c2cc(-c3ccc4c(cnn4C)c3)[nH]n2)o1. The van der Waals surface area contributed by atoms with Crippen molar-refractivity contribution in [1.82, 2.24) is 25.0 Å². The fraction of sp³-hybridized carbons (Fsp3) is 0.133. The highest BCUT2D eigenvalue weighted by molar-refractivity contribution is 5.84. The summed E-state index contributed by atoms with van der Waals surface area (Å²) in [6.07, 6.45) is 3.54. The largest absolute Gasteiger partial charge is 0.440 e. The topological polar surface area (TPSA) is 72.5 Å². The molecule has 3 heterocycles. The van der Waals surface area contributed by atoms with Gasteiger partial charge in [0, 0.05) is 18.0 Å². The standard InChI is InChI=1S/C15H13N5O/c1-9-7-16-15(21-9)13-6-12(18-19-13)10-3-4-14-11(5-10)8-17-20(14)2/h3-8H,1-2H3,(H,18,19). The van der Waals surface area contributed by atoms with Crippen molar-refractivity contribution in [3.63, 3.8) is 0 Å². The van der Waals surface area contributed by atoms with Gasteiger partial charge in [0.15, 0.2) is 0 Å². The second kappa shape index (κ2) is 4.31. The van der Waals surface area contributed by atoms with Crippen molar-refractivity contribution in [2.75, 3.05) is 0 Å². The normalized spacial score (nSPS) is 11.3. The molecule has 4 rings (SSSR count). The fourth-order valence-corrected chi connectivity index (χ4v) is 2.38. The van der Waals surface area contributed by atoms with Gasteiger partial charge in [-0.2, -0.15) is 10.2 Å². The maximum atomic E-state index is 5.49. The zero-order valence-corrected chi connectivity index (χ0v) is 11.7. The summed E-state index contributed by atoms with van der Waals surface area (Å²) in [5, 5.41) is 12.6. The molecule has 6 nitrogen and oxygen atoms in total. The number of aryl methyl sites for hydroxylation is 2. The zero-order chi connectivity index (χ0) is 14.4. The molecule has 21 heavy (non-hydrogen) atoms. The van der Waals surface area contributed by atoms with Gasteiger partial charge in [0.2, 0.25) is 5.89 Å². The van der Waals surface area contributed by atoms with Crippen molar-refractivity contribution in [1.29, 1.82) is 0 Å². The Morgan fingerprint density at radius 3 is 2.90 bits per heavy atom. The Labute approximate surface area is 120 Å². The van der Waals surface area contributed by atoms with Crippen LogP contribution in [-0.2, 0) is 7.05 Å². The van der Waals surface area contributed by atoms with Crippen LogP contribution in [0.5, 0.6) is 0 Å². The predicted octanol–water partition coefficient (Wildman–Crippen LogP) is 2.93. The van der Waals surface area contributed by atoms with E-state index in [-0.39, 0.29) is 0 Å². The highest BCUT2D eigenvalue weighted by atomic mass is 16.4. The number of hydrogen-bond acceptors (Lipinski definition) is 4. The molecule has 0 fully saturated rings. The van der Waals surface area contributed by atoms with Gasteiger partial charge < -0.3 is 4.42 Å². The van der Waals surface area contributed by atoms with E-state index in [0.29, 0.717) is 11.6 Å². The van der Waals surface area contributed by atoms with Crippen LogP contribution in [0.4, 0.5) is 0 Å². The lowest BCUT2D eigenvalue weighted by atomic mass is 10.1. The Morgan fingerprint density at radius 1 is 1.19 bits per heavy atom. The van der Waals surface area contributed by atoms with Crippen LogP contribution in [0.25, 0.3) is 33.7 Å². The number of H-pyrrole nitrogens is 1. The quantitative estimate of drug-likeness (QED) is 0.612. The van der Waals surface area contributed by atoms with Gasteiger partial charge in [-0.05, 0) is 25.1 Å². The van der Waals surface area contributed by atoms with E-state index in [2.05, 4.69) is 26.3 Å². The summed E-state index contributed by atoms with van der Waals surface area (Å²) in [6, 6.07) is 8.11. The van der Waals surface area contributed by atoms with Gasteiger partial charge in [-0.15, -0.1) is 0 Å². The van der Waals surface area contributed by atoms with E-state index >= 15 is 0 Å². The van der Waals surface area contributed by atoms with E-state index < -0.39 is 0 Å². The molecular weight excluding hydrogens is 266 g/mol. The second-order valence-electron chi connectivity index (χ2n) is 4.98. The summed E-state index contributed by atoms with van der Waals surface area (Å²) in [5.41, 5.74) is 3.77. The maximum Gasteiger partial charge on any atom is 0.247 e. The summed E-state index contributed by atoms with van der Waals surface area (Å²) in [4.78, 5) is 4.18. The molecule has 0 saturated heterocycles. The van der Waals surface area contributed by atoms with Crippen LogP contribution in [-0.4, -0.2) is 25.0 Å². The van der Waals surface area contributed by atoms with Gasteiger partial charge in [-0.3, -0.25) is 9.78 Å². The van der Waals surface area contributed by atoms with Crippen molar-refractivity contribution in [2.45, 2.75) is 6.92 Å². The first-order valence-corrected chi connectivity index (χ1v) is 6.61. The lowest BCUT2D eigenvalue weighted by Gasteiger charge is -1.98. The van der Waals surface area contributed by atoms with Crippen molar-refractivity contribution in [2.24, 2.45) is 7.05 Å². The molecule has 0 atom stereocenters. The number of nitrogens with zero attached hydrogens (tertiary/aromatic N) is 4. The number of fused-ring (bicyclic) bond motifs is 1. The van der Waals surface area contributed by atoms with Crippen molar-refractivity contribution < 1.29 is 4.42 Å². The minimum absolute atomic E-state index is 0.525. The second-order valence-corrected chi connectivity index (χ2v) is 4.98. The number of hydrogen-bond donors (Lipinski definition) is 1. The number of oxazole rings is 1. The lowest BCUT2D eigenvalue weighted by Crippen LogP contribution is -1.88. The number of rotatable bonds is 2. The summed E-state index contributed by atoms with van der Waals surface area (Å²) in [5.74, 6) is 1.30. The van der Waals surface area contributed by atoms with Crippen LogP contribution in [0, 0.1) is 6.92 Å². The van der Waals surface area contributed by atoms with Gasteiger partial charge in [-0.25, -0.2) is 4.98 Å². The van der Waals surface area contributed by atoms with Gasteiger partial charge in [0.1, 0.15) is 11.5 Å². The Kier molecular flexibility index (Phi) is 2.44. The molecule has 0 aliphatic carbocycles. The summed E-state index contributed by atoms with van der Waals surface area (Å²) < 4.78 is 7.34. The Balaban J connectivity index is 1.76. The molecule has 0 unspecified atom stereocenters. The molecule has 1 N–H and O–H groups in total. The smallest absolute Gasteiger partial charge is 0.247 e. The van der Waals surface area contributed by atoms with Gasteiger partial charge in [0.25, 0.3) is 0 Å². The minimum atomic E-state index is 0.525. The number of aromatic amines is 1. The molecule has 3 aromatic heterocycles. The monoisotopic (exact) mass is 279 g/mol. The first kappa shape index (κ1) is 11.9. The molecule has 0 aliphatic rings. The molecule has 6 heteroatoms.